The highest BCUT2D eigenvalue weighted by atomic mass is 35.5. The fraction of sp³-hybridized carbons (Fsp3) is 0.286. The number of hydrogen-bond donors (Lipinski definition) is 3. The van der Waals surface area contributed by atoms with Crippen molar-refractivity contribution in [1.82, 2.24) is 20.1 Å². The Morgan fingerprint density at radius 1 is 1.14 bits per heavy atom. The molecule has 0 atom stereocenters. The molecular formula is C21H25ClN6O. The van der Waals surface area contributed by atoms with E-state index in [9.17, 15) is 4.79 Å². The molecule has 1 aromatic carbocycles. The summed E-state index contributed by atoms with van der Waals surface area (Å²) in [6.45, 7) is 7.32. The van der Waals surface area contributed by atoms with Crippen LogP contribution in [0.1, 0.15) is 36.3 Å². The van der Waals surface area contributed by atoms with E-state index in [-0.39, 0.29) is 5.91 Å². The van der Waals surface area contributed by atoms with Crippen LogP contribution >= 0.6 is 11.6 Å². The maximum Gasteiger partial charge on any atom is 0.253 e. The van der Waals surface area contributed by atoms with E-state index in [0.29, 0.717) is 34.3 Å². The lowest BCUT2D eigenvalue weighted by molar-refractivity contribution is 0.0956. The highest BCUT2D eigenvalue weighted by molar-refractivity contribution is 6.33. The molecule has 0 saturated heterocycles. The van der Waals surface area contributed by atoms with Crippen molar-refractivity contribution in [2.75, 3.05) is 17.2 Å². The minimum Gasteiger partial charge on any atom is -0.354 e. The van der Waals surface area contributed by atoms with Crippen molar-refractivity contribution in [3.8, 4) is 0 Å². The second-order valence-corrected chi connectivity index (χ2v) is 7.01. The first kappa shape index (κ1) is 20.7. The number of amides is 1. The van der Waals surface area contributed by atoms with E-state index >= 15 is 0 Å². The number of benzene rings is 1. The average Bonchev–Trinajstić information content (AvgIpc) is 3.04. The van der Waals surface area contributed by atoms with Gasteiger partial charge in [0.05, 0.1) is 33.9 Å². The first-order chi connectivity index (χ1) is 14.0. The van der Waals surface area contributed by atoms with Crippen LogP contribution in [0.25, 0.3) is 0 Å². The number of nitrogens with one attached hydrogen (secondary N) is 3. The van der Waals surface area contributed by atoms with Crippen LogP contribution < -0.4 is 16.0 Å². The van der Waals surface area contributed by atoms with Crippen LogP contribution in [0.3, 0.4) is 0 Å². The van der Waals surface area contributed by atoms with Crippen LogP contribution in [-0.4, -0.2) is 27.2 Å². The van der Waals surface area contributed by atoms with Crippen LogP contribution in [0.5, 0.6) is 0 Å². The first-order valence-corrected chi connectivity index (χ1v) is 10.0. The molecule has 3 rings (SSSR count). The second-order valence-electron chi connectivity index (χ2n) is 6.60. The molecule has 0 fully saturated rings. The Morgan fingerprint density at radius 3 is 2.69 bits per heavy atom. The molecule has 0 unspecified atom stereocenters. The van der Waals surface area contributed by atoms with Gasteiger partial charge in [0.25, 0.3) is 5.91 Å². The minimum absolute atomic E-state index is 0.141. The first-order valence-electron chi connectivity index (χ1n) is 9.63. The van der Waals surface area contributed by atoms with Gasteiger partial charge >= 0.3 is 0 Å². The Bertz CT molecular complexity index is 1000. The highest BCUT2D eigenvalue weighted by Crippen LogP contribution is 2.29. The van der Waals surface area contributed by atoms with Gasteiger partial charge in [-0.3, -0.25) is 4.79 Å². The Labute approximate surface area is 175 Å². The van der Waals surface area contributed by atoms with Crippen LogP contribution in [-0.2, 0) is 6.54 Å². The summed E-state index contributed by atoms with van der Waals surface area (Å²) >= 11 is 6.36. The third kappa shape index (κ3) is 5.06. The molecule has 1 amide bonds. The summed E-state index contributed by atoms with van der Waals surface area (Å²) in [5.41, 5.74) is 2.81. The summed E-state index contributed by atoms with van der Waals surface area (Å²) in [4.78, 5) is 16.7. The fourth-order valence-electron chi connectivity index (χ4n) is 2.95. The number of anilines is 4. The Kier molecular flexibility index (Phi) is 6.72. The number of carbonyl (C=O) groups excluding carboxylic acids is 1. The molecule has 0 radical (unpaired) electrons. The van der Waals surface area contributed by atoms with E-state index < -0.39 is 0 Å². The molecule has 0 saturated carbocycles. The van der Waals surface area contributed by atoms with E-state index in [2.05, 4.69) is 33.0 Å². The maximum atomic E-state index is 12.3. The van der Waals surface area contributed by atoms with E-state index in [4.69, 9.17) is 11.6 Å². The van der Waals surface area contributed by atoms with Gasteiger partial charge in [-0.25, -0.2) is 9.67 Å². The monoisotopic (exact) mass is 412 g/mol. The topological polar surface area (TPSA) is 83.9 Å². The van der Waals surface area contributed by atoms with Gasteiger partial charge in [0.1, 0.15) is 11.6 Å². The van der Waals surface area contributed by atoms with Gasteiger partial charge in [-0.05, 0) is 32.4 Å². The summed E-state index contributed by atoms with van der Waals surface area (Å²) < 4.78 is 1.92. The number of aryl methyl sites for hydroxylation is 2. The van der Waals surface area contributed by atoms with Crippen LogP contribution in [0.4, 0.5) is 23.0 Å². The van der Waals surface area contributed by atoms with E-state index in [1.165, 1.54) is 0 Å². The van der Waals surface area contributed by atoms with Gasteiger partial charge in [-0.2, -0.15) is 5.10 Å². The lowest BCUT2D eigenvalue weighted by Gasteiger charge is -2.14. The average molecular weight is 413 g/mol. The smallest absolute Gasteiger partial charge is 0.253 e. The largest absolute Gasteiger partial charge is 0.354 e. The molecule has 7 nitrogen and oxygen atoms in total. The number of carbonyl (C=O) groups is 1. The maximum absolute atomic E-state index is 12.3. The standard InChI is InChI=1S/C21H25ClN6O/c1-4-10-28-20(11-14(3)27-28)26-19-12-18(16(22)13-24-19)25-17-9-7-6-8-15(17)21(29)23-5-2/h6-9,11-13H,4-5,10H2,1-3H3,(H,23,29)(H2,24,25,26). The molecule has 3 aromatic rings. The summed E-state index contributed by atoms with van der Waals surface area (Å²) in [5, 5.41) is 14.3. The van der Waals surface area contributed by atoms with Gasteiger partial charge in [-0.1, -0.05) is 30.7 Å². The zero-order valence-corrected chi connectivity index (χ0v) is 17.5. The van der Waals surface area contributed by atoms with Crippen LogP contribution in [0, 0.1) is 6.92 Å². The molecule has 2 heterocycles. The van der Waals surface area contributed by atoms with E-state index in [1.54, 1.807) is 12.3 Å². The Hall–Kier alpha value is -3.06. The molecule has 0 aliphatic rings. The number of nitrogens with zero attached hydrogens (tertiary/aromatic N) is 3. The molecule has 0 spiro atoms. The molecule has 29 heavy (non-hydrogen) atoms. The summed E-state index contributed by atoms with van der Waals surface area (Å²) in [7, 11) is 0. The van der Waals surface area contributed by atoms with E-state index in [1.807, 2.05) is 48.9 Å². The molecule has 0 aliphatic heterocycles. The zero-order valence-electron chi connectivity index (χ0n) is 16.8. The lowest BCUT2D eigenvalue weighted by atomic mass is 10.1. The lowest BCUT2D eigenvalue weighted by Crippen LogP contribution is -2.23. The summed E-state index contributed by atoms with van der Waals surface area (Å²) in [6.07, 6.45) is 2.56. The number of hydrogen-bond acceptors (Lipinski definition) is 5. The zero-order chi connectivity index (χ0) is 20.8. The summed E-state index contributed by atoms with van der Waals surface area (Å²) in [5.74, 6) is 1.36. The Balaban J connectivity index is 1.87. The second kappa shape index (κ2) is 9.43. The van der Waals surface area contributed by atoms with Gasteiger partial charge in [0, 0.05) is 25.2 Å². The number of pyridine rings is 1. The molecule has 152 valence electrons. The molecular weight excluding hydrogens is 388 g/mol. The third-order valence-electron chi connectivity index (χ3n) is 4.23. The molecule has 3 N–H and O–H groups in total. The van der Waals surface area contributed by atoms with Crippen molar-refractivity contribution in [1.29, 1.82) is 0 Å². The van der Waals surface area contributed by atoms with Crippen molar-refractivity contribution >= 4 is 40.5 Å². The van der Waals surface area contributed by atoms with Crippen LogP contribution in [0.15, 0.2) is 42.6 Å². The van der Waals surface area contributed by atoms with Crippen LogP contribution in [0.2, 0.25) is 5.02 Å². The minimum atomic E-state index is -0.141. The molecule has 2 aromatic heterocycles. The number of aromatic nitrogens is 3. The predicted molar refractivity (Wildman–Crippen MR) is 118 cm³/mol. The van der Waals surface area contributed by atoms with Crippen molar-refractivity contribution in [2.45, 2.75) is 33.7 Å². The molecule has 0 bridgehead atoms. The summed E-state index contributed by atoms with van der Waals surface area (Å²) in [6, 6.07) is 11.1. The number of halogens is 1. The van der Waals surface area contributed by atoms with Gasteiger partial charge in [0.15, 0.2) is 0 Å². The quantitative estimate of drug-likeness (QED) is 0.490. The number of rotatable bonds is 8. The highest BCUT2D eigenvalue weighted by Gasteiger charge is 2.13. The van der Waals surface area contributed by atoms with Crippen molar-refractivity contribution in [2.24, 2.45) is 0 Å². The normalized spacial score (nSPS) is 10.6. The Morgan fingerprint density at radius 2 is 1.93 bits per heavy atom. The molecule has 8 heteroatoms. The van der Waals surface area contributed by atoms with Crippen molar-refractivity contribution < 1.29 is 4.79 Å². The number of para-hydroxylation sites is 1. The van der Waals surface area contributed by atoms with Gasteiger partial charge in [-0.15, -0.1) is 0 Å². The van der Waals surface area contributed by atoms with E-state index in [0.717, 1.165) is 24.5 Å². The van der Waals surface area contributed by atoms with Gasteiger partial charge < -0.3 is 16.0 Å². The van der Waals surface area contributed by atoms with Gasteiger partial charge in [0.2, 0.25) is 0 Å². The SMILES string of the molecule is CCCn1nc(C)cc1Nc1cc(Nc2ccccc2C(=O)NCC)c(Cl)cn1. The fourth-order valence-corrected chi connectivity index (χ4v) is 3.10. The predicted octanol–water partition coefficient (Wildman–Crippen LogP) is 4.89. The third-order valence-corrected chi connectivity index (χ3v) is 4.53. The van der Waals surface area contributed by atoms with Crippen molar-refractivity contribution in [3.05, 3.63) is 58.9 Å². The van der Waals surface area contributed by atoms with Crippen molar-refractivity contribution in [3.63, 3.8) is 0 Å². The molecule has 0 aliphatic carbocycles.